The van der Waals surface area contributed by atoms with E-state index in [1.165, 1.54) is 0 Å². The molecule has 0 bridgehead atoms. The van der Waals surface area contributed by atoms with Crippen molar-refractivity contribution >= 4 is 0 Å². The molecule has 0 aromatic heterocycles. The van der Waals surface area contributed by atoms with E-state index in [4.69, 9.17) is 45.2 Å². The zero-order valence-electron chi connectivity index (χ0n) is 13.4. The van der Waals surface area contributed by atoms with Crippen LogP contribution in [0, 0.1) is 0 Å². The Hall–Kier alpha value is -0.400. The summed E-state index contributed by atoms with van der Waals surface area (Å²) in [7, 11) is 0. The van der Waals surface area contributed by atoms with E-state index in [0.29, 0.717) is 39.6 Å². The Labute approximate surface area is 136 Å². The normalized spacial score (nSPS) is 9.91. The molecule has 0 aliphatic rings. The van der Waals surface area contributed by atoms with Crippen molar-refractivity contribution in [2.75, 3.05) is 79.3 Å². The molecule has 10 heteroatoms. The lowest BCUT2D eigenvalue weighted by Crippen LogP contribution is -2.15. The third kappa shape index (κ3) is 38.9. The van der Waals surface area contributed by atoms with Gasteiger partial charge >= 0.3 is 0 Å². The number of ether oxygens (including phenoxy) is 3. The minimum Gasteiger partial charge on any atom is -0.394 e. The van der Waals surface area contributed by atoms with Crippen LogP contribution < -0.4 is 0 Å². The van der Waals surface area contributed by atoms with Gasteiger partial charge in [-0.2, -0.15) is 0 Å². The van der Waals surface area contributed by atoms with Crippen molar-refractivity contribution in [1.29, 1.82) is 0 Å². The van der Waals surface area contributed by atoms with E-state index < -0.39 is 6.10 Å². The van der Waals surface area contributed by atoms with E-state index in [1.54, 1.807) is 0 Å². The number of hydrogen-bond acceptors (Lipinski definition) is 10. The van der Waals surface area contributed by atoms with Gasteiger partial charge in [-0.25, -0.2) is 0 Å². The van der Waals surface area contributed by atoms with Crippen LogP contribution in [0.5, 0.6) is 0 Å². The van der Waals surface area contributed by atoms with Crippen molar-refractivity contribution in [3.05, 3.63) is 0 Å². The summed E-state index contributed by atoms with van der Waals surface area (Å²) >= 11 is 0. The van der Waals surface area contributed by atoms with Crippen molar-refractivity contribution in [1.82, 2.24) is 0 Å². The Morgan fingerprint density at radius 3 is 0.913 bits per heavy atom. The second kappa shape index (κ2) is 29.6. The van der Waals surface area contributed by atoms with Gasteiger partial charge in [0, 0.05) is 0 Å². The van der Waals surface area contributed by atoms with E-state index in [0.717, 1.165) is 0 Å². The summed E-state index contributed by atoms with van der Waals surface area (Å²) in [6.45, 7) is 1.69. The van der Waals surface area contributed by atoms with Crippen LogP contribution in [-0.4, -0.2) is 121 Å². The Balaban J connectivity index is -0.000000272. The van der Waals surface area contributed by atoms with Crippen LogP contribution in [0.3, 0.4) is 0 Å². The molecule has 0 fully saturated rings. The van der Waals surface area contributed by atoms with E-state index in [2.05, 4.69) is 4.74 Å². The molecule has 0 unspecified atom stereocenters. The minimum absolute atomic E-state index is 0.0278. The van der Waals surface area contributed by atoms with Gasteiger partial charge in [-0.15, -0.1) is 0 Å². The molecule has 0 aromatic rings. The van der Waals surface area contributed by atoms with Crippen LogP contribution >= 0.6 is 0 Å². The molecule has 0 saturated carbocycles. The quantitative estimate of drug-likeness (QED) is 0.165. The topological polar surface area (TPSA) is 169 Å². The maximum atomic E-state index is 8.26. The number of rotatable bonds is 13. The smallest absolute Gasteiger partial charge is 0.100 e. The molecule has 23 heavy (non-hydrogen) atoms. The molecule has 0 atom stereocenters. The first-order valence-corrected chi connectivity index (χ1v) is 7.20. The highest BCUT2D eigenvalue weighted by Gasteiger charge is 1.93. The summed E-state index contributed by atoms with van der Waals surface area (Å²) < 4.78 is 14.4. The molecule has 0 radical (unpaired) electrons. The first-order chi connectivity index (χ1) is 11.1. The molecule has 10 nitrogen and oxygen atoms in total. The molecule has 7 N–H and O–H groups in total. The largest absolute Gasteiger partial charge is 0.394 e. The molecule has 0 aromatic carbocycles. The first-order valence-electron chi connectivity index (χ1n) is 7.20. The fourth-order valence-corrected chi connectivity index (χ4v) is 0.740. The maximum absolute atomic E-state index is 8.26. The lowest BCUT2D eigenvalue weighted by molar-refractivity contribution is 0.0222. The molecule has 0 heterocycles. The average molecular weight is 348 g/mol. The number of aliphatic hydroxyl groups is 7. The fraction of sp³-hybridized carbons (Fsp3) is 1.00. The van der Waals surface area contributed by atoms with Gasteiger partial charge in [0.2, 0.25) is 0 Å². The lowest BCUT2D eigenvalue weighted by Gasteiger charge is -2.01. The van der Waals surface area contributed by atoms with Crippen molar-refractivity contribution in [3.8, 4) is 0 Å². The van der Waals surface area contributed by atoms with Crippen molar-refractivity contribution < 1.29 is 50.0 Å². The first kappa shape index (κ1) is 27.4. The lowest BCUT2D eigenvalue weighted by atomic mass is 10.4. The minimum atomic E-state index is -0.954. The monoisotopic (exact) mass is 348 g/mol. The van der Waals surface area contributed by atoms with Gasteiger partial charge < -0.3 is 50.0 Å². The SMILES string of the molecule is OCC(O)CO.OCCOCCO.OCCOCCOCCO. The summed E-state index contributed by atoms with van der Waals surface area (Å²) in [5.74, 6) is 0. The zero-order valence-corrected chi connectivity index (χ0v) is 13.4. The predicted molar refractivity (Wildman–Crippen MR) is 81.0 cm³/mol. The van der Waals surface area contributed by atoms with Crippen molar-refractivity contribution in [2.24, 2.45) is 0 Å². The highest BCUT2D eigenvalue weighted by molar-refractivity contribution is 4.44. The third-order valence-corrected chi connectivity index (χ3v) is 1.74. The Morgan fingerprint density at radius 1 is 0.478 bits per heavy atom. The van der Waals surface area contributed by atoms with Crippen LogP contribution in [0.25, 0.3) is 0 Å². The van der Waals surface area contributed by atoms with Crippen LogP contribution in [-0.2, 0) is 14.2 Å². The van der Waals surface area contributed by atoms with Gasteiger partial charge in [0.05, 0.1) is 79.3 Å². The molecule has 0 saturated heterocycles. The summed E-state index contributed by atoms with van der Waals surface area (Å²) in [6.07, 6.45) is -0.954. The Morgan fingerprint density at radius 2 is 0.739 bits per heavy atom. The average Bonchev–Trinajstić information content (AvgIpc) is 2.59. The maximum Gasteiger partial charge on any atom is 0.100 e. The molecule has 0 rings (SSSR count). The van der Waals surface area contributed by atoms with E-state index in [1.807, 2.05) is 0 Å². The zero-order chi connectivity index (χ0) is 18.2. The second-order valence-electron chi connectivity index (χ2n) is 3.75. The van der Waals surface area contributed by atoms with Crippen LogP contribution in [0.4, 0.5) is 0 Å². The van der Waals surface area contributed by atoms with Gasteiger partial charge in [0.25, 0.3) is 0 Å². The van der Waals surface area contributed by atoms with Crippen molar-refractivity contribution in [3.63, 3.8) is 0 Å². The van der Waals surface area contributed by atoms with Gasteiger partial charge in [-0.3, -0.25) is 0 Å². The van der Waals surface area contributed by atoms with Crippen LogP contribution in [0.15, 0.2) is 0 Å². The fourth-order valence-electron chi connectivity index (χ4n) is 0.740. The molecule has 0 amide bonds. The molecule has 144 valence electrons. The molecular formula is C13H32O10. The summed E-state index contributed by atoms with van der Waals surface area (Å²) in [6, 6.07) is 0. The van der Waals surface area contributed by atoms with Crippen LogP contribution in [0.2, 0.25) is 0 Å². The van der Waals surface area contributed by atoms with Crippen LogP contribution in [0.1, 0.15) is 0 Å². The van der Waals surface area contributed by atoms with Gasteiger partial charge in [0.1, 0.15) is 6.10 Å². The van der Waals surface area contributed by atoms with Gasteiger partial charge in [-0.05, 0) is 0 Å². The van der Waals surface area contributed by atoms with E-state index >= 15 is 0 Å². The van der Waals surface area contributed by atoms with E-state index in [9.17, 15) is 0 Å². The van der Waals surface area contributed by atoms with Gasteiger partial charge in [-0.1, -0.05) is 0 Å². The predicted octanol–water partition coefficient (Wildman–Crippen LogP) is -3.68. The standard InChI is InChI=1S/C6H14O4.C4H10O3.C3H8O3/c7-1-3-9-5-6-10-4-2-8;5-1-3-7-4-2-6;4-1-3(6)2-5/h7-8H,1-6H2;5-6H,1-4H2;3-6H,1-2H2. The number of hydrogen-bond donors (Lipinski definition) is 7. The molecular weight excluding hydrogens is 316 g/mol. The summed E-state index contributed by atoms with van der Waals surface area (Å²) in [5.41, 5.74) is 0. The Kier molecular flexibility index (Phi) is 35.3. The highest BCUT2D eigenvalue weighted by atomic mass is 16.5. The second-order valence-corrected chi connectivity index (χ2v) is 3.75. The molecule has 0 spiro atoms. The summed E-state index contributed by atoms with van der Waals surface area (Å²) in [5, 5.41) is 56.7. The molecule has 0 aliphatic heterocycles. The Bertz CT molecular complexity index is 157. The summed E-state index contributed by atoms with van der Waals surface area (Å²) in [4.78, 5) is 0. The number of aliphatic hydroxyl groups excluding tert-OH is 7. The van der Waals surface area contributed by atoms with Gasteiger partial charge in [0.15, 0.2) is 0 Å². The van der Waals surface area contributed by atoms with E-state index in [-0.39, 0.29) is 39.6 Å². The van der Waals surface area contributed by atoms with Crippen molar-refractivity contribution in [2.45, 2.75) is 6.10 Å². The highest BCUT2D eigenvalue weighted by Crippen LogP contribution is 1.76. The molecule has 0 aliphatic carbocycles. The third-order valence-electron chi connectivity index (χ3n) is 1.74.